The van der Waals surface area contributed by atoms with E-state index in [1.165, 1.54) is 6.42 Å². The lowest BCUT2D eigenvalue weighted by Gasteiger charge is -2.16. The molecule has 0 saturated heterocycles. The number of nitrogens with zero attached hydrogens (tertiary/aromatic N) is 2. The molecule has 3 unspecified atom stereocenters. The van der Waals surface area contributed by atoms with Crippen LogP contribution in [0.25, 0.3) is 0 Å². The highest BCUT2D eigenvalue weighted by Gasteiger charge is 2.39. The van der Waals surface area contributed by atoms with Gasteiger partial charge in [-0.2, -0.15) is 0 Å². The molecule has 2 rings (SSSR count). The van der Waals surface area contributed by atoms with Crippen LogP contribution in [0.1, 0.15) is 32.5 Å². The fourth-order valence-electron chi connectivity index (χ4n) is 2.42. The Bertz CT molecular complexity index is 334. The first-order valence-electron chi connectivity index (χ1n) is 6.22. The minimum absolute atomic E-state index is 0.382. The Labute approximate surface area is 97.2 Å². The average Bonchev–Trinajstić information content (AvgIpc) is 2.84. The Kier molecular flexibility index (Phi) is 3.61. The molecule has 3 atom stereocenters. The van der Waals surface area contributed by atoms with Crippen LogP contribution in [0.15, 0.2) is 12.4 Å². The summed E-state index contributed by atoms with van der Waals surface area (Å²) < 4.78 is 2.23. The minimum atomic E-state index is 0.382. The topological polar surface area (TPSA) is 55.9 Å². The van der Waals surface area contributed by atoms with Gasteiger partial charge in [-0.25, -0.2) is 4.98 Å². The Morgan fingerprint density at radius 3 is 3.00 bits per heavy atom. The van der Waals surface area contributed by atoms with E-state index in [2.05, 4.69) is 35.0 Å². The molecule has 1 aliphatic carbocycles. The van der Waals surface area contributed by atoms with Crippen molar-refractivity contribution in [2.45, 2.75) is 45.7 Å². The van der Waals surface area contributed by atoms with Crippen molar-refractivity contribution in [3.8, 4) is 0 Å². The molecule has 3 N–H and O–H groups in total. The number of aromatic nitrogens is 2. The number of aryl methyl sites for hydroxylation is 1. The number of rotatable bonds is 6. The molecule has 1 aromatic heterocycles. The summed E-state index contributed by atoms with van der Waals surface area (Å²) in [4.78, 5) is 4.43. The second-order valence-corrected chi connectivity index (χ2v) is 4.89. The first kappa shape index (κ1) is 11.6. The molecule has 1 fully saturated rings. The molecule has 0 amide bonds. The van der Waals surface area contributed by atoms with Crippen molar-refractivity contribution in [3.05, 3.63) is 18.2 Å². The minimum Gasteiger partial charge on any atom is -0.335 e. The van der Waals surface area contributed by atoms with Gasteiger partial charge in [0, 0.05) is 31.4 Å². The zero-order valence-corrected chi connectivity index (χ0v) is 10.2. The number of hydrazine groups is 1. The zero-order chi connectivity index (χ0) is 11.5. The molecule has 1 aromatic rings. The number of imidazole rings is 1. The highest BCUT2D eigenvalue weighted by molar-refractivity contribution is 5.01. The fourth-order valence-corrected chi connectivity index (χ4v) is 2.42. The number of nitrogens with two attached hydrogens (primary N) is 1. The summed E-state index contributed by atoms with van der Waals surface area (Å²) in [7, 11) is 0. The van der Waals surface area contributed by atoms with Crippen LogP contribution in [-0.4, -0.2) is 15.6 Å². The second kappa shape index (κ2) is 4.97. The van der Waals surface area contributed by atoms with Gasteiger partial charge in [-0.05, 0) is 24.7 Å². The van der Waals surface area contributed by atoms with Crippen LogP contribution in [0.4, 0.5) is 0 Å². The van der Waals surface area contributed by atoms with Crippen LogP contribution in [0, 0.1) is 11.8 Å². The maximum absolute atomic E-state index is 5.63. The molecule has 0 bridgehead atoms. The van der Waals surface area contributed by atoms with Gasteiger partial charge in [0.05, 0.1) is 0 Å². The van der Waals surface area contributed by atoms with E-state index < -0.39 is 0 Å². The lowest BCUT2D eigenvalue weighted by molar-refractivity contribution is 0.437. The summed E-state index contributed by atoms with van der Waals surface area (Å²) in [6.45, 7) is 5.52. The Hall–Kier alpha value is -0.870. The van der Waals surface area contributed by atoms with E-state index in [1.807, 2.05) is 6.20 Å². The normalized spacial score (nSPS) is 25.7. The van der Waals surface area contributed by atoms with Crippen molar-refractivity contribution in [3.63, 3.8) is 0 Å². The van der Waals surface area contributed by atoms with Gasteiger partial charge in [0.2, 0.25) is 0 Å². The Morgan fingerprint density at radius 2 is 2.44 bits per heavy atom. The van der Waals surface area contributed by atoms with E-state index in [4.69, 9.17) is 5.84 Å². The van der Waals surface area contributed by atoms with Crippen molar-refractivity contribution in [2.75, 3.05) is 0 Å². The molecule has 1 aliphatic rings. The van der Waals surface area contributed by atoms with Gasteiger partial charge in [0.25, 0.3) is 0 Å². The lowest BCUT2D eigenvalue weighted by atomic mass is 10.1. The van der Waals surface area contributed by atoms with Gasteiger partial charge in [-0.15, -0.1) is 0 Å². The molecule has 4 heteroatoms. The SMILES string of the molecule is CCCn1ccnc1CC(NN)C1CC1C. The van der Waals surface area contributed by atoms with Gasteiger partial charge in [-0.3, -0.25) is 11.3 Å². The molecule has 0 spiro atoms. The van der Waals surface area contributed by atoms with E-state index in [0.717, 1.165) is 37.0 Å². The highest BCUT2D eigenvalue weighted by atomic mass is 15.2. The standard InChI is InChI=1S/C12H22N4/c1-3-5-16-6-4-14-12(16)8-11(15-13)10-7-9(10)2/h4,6,9-11,15H,3,5,7-8,13H2,1-2H3. The summed E-state index contributed by atoms with van der Waals surface area (Å²) in [5, 5.41) is 0. The van der Waals surface area contributed by atoms with Gasteiger partial charge in [0.1, 0.15) is 5.82 Å². The highest BCUT2D eigenvalue weighted by Crippen LogP contribution is 2.41. The van der Waals surface area contributed by atoms with Gasteiger partial charge in [0.15, 0.2) is 0 Å². The van der Waals surface area contributed by atoms with E-state index in [1.54, 1.807) is 0 Å². The zero-order valence-electron chi connectivity index (χ0n) is 10.2. The van der Waals surface area contributed by atoms with E-state index in [9.17, 15) is 0 Å². The molecule has 0 aromatic carbocycles. The Morgan fingerprint density at radius 1 is 1.69 bits per heavy atom. The summed E-state index contributed by atoms with van der Waals surface area (Å²) in [5.41, 5.74) is 2.95. The molecule has 0 aliphatic heterocycles. The first-order chi connectivity index (χ1) is 7.76. The lowest BCUT2D eigenvalue weighted by Crippen LogP contribution is -2.39. The molecular formula is C12H22N4. The smallest absolute Gasteiger partial charge is 0.110 e. The fraction of sp³-hybridized carbons (Fsp3) is 0.750. The van der Waals surface area contributed by atoms with Gasteiger partial charge >= 0.3 is 0 Å². The van der Waals surface area contributed by atoms with E-state index in [-0.39, 0.29) is 0 Å². The van der Waals surface area contributed by atoms with E-state index in [0.29, 0.717) is 6.04 Å². The molecule has 90 valence electrons. The number of hydrogen-bond acceptors (Lipinski definition) is 3. The number of hydrogen-bond donors (Lipinski definition) is 2. The average molecular weight is 222 g/mol. The largest absolute Gasteiger partial charge is 0.335 e. The quantitative estimate of drug-likeness (QED) is 0.564. The molecule has 0 radical (unpaired) electrons. The van der Waals surface area contributed by atoms with Crippen molar-refractivity contribution in [1.82, 2.24) is 15.0 Å². The monoisotopic (exact) mass is 222 g/mol. The first-order valence-corrected chi connectivity index (χ1v) is 6.22. The van der Waals surface area contributed by atoms with Crippen LogP contribution in [0.2, 0.25) is 0 Å². The van der Waals surface area contributed by atoms with Gasteiger partial charge in [-0.1, -0.05) is 13.8 Å². The van der Waals surface area contributed by atoms with Crippen molar-refractivity contribution < 1.29 is 0 Å². The summed E-state index contributed by atoms with van der Waals surface area (Å²) in [6, 6.07) is 0.382. The molecular weight excluding hydrogens is 200 g/mol. The van der Waals surface area contributed by atoms with Crippen molar-refractivity contribution in [2.24, 2.45) is 17.7 Å². The molecule has 4 nitrogen and oxygen atoms in total. The summed E-state index contributed by atoms with van der Waals surface area (Å²) in [6.07, 6.45) is 7.32. The van der Waals surface area contributed by atoms with Crippen LogP contribution >= 0.6 is 0 Å². The summed E-state index contributed by atoms with van der Waals surface area (Å²) >= 11 is 0. The maximum Gasteiger partial charge on any atom is 0.110 e. The third kappa shape index (κ3) is 2.44. The van der Waals surface area contributed by atoms with Crippen LogP contribution in [0.3, 0.4) is 0 Å². The molecule has 16 heavy (non-hydrogen) atoms. The summed E-state index contributed by atoms with van der Waals surface area (Å²) in [5.74, 6) is 8.33. The molecule has 1 saturated carbocycles. The van der Waals surface area contributed by atoms with E-state index >= 15 is 0 Å². The third-order valence-corrected chi connectivity index (χ3v) is 3.57. The second-order valence-electron chi connectivity index (χ2n) is 4.89. The number of nitrogens with one attached hydrogen (secondary N) is 1. The predicted molar refractivity (Wildman–Crippen MR) is 64.6 cm³/mol. The van der Waals surface area contributed by atoms with Crippen LogP contribution < -0.4 is 11.3 Å². The molecule has 1 heterocycles. The van der Waals surface area contributed by atoms with Gasteiger partial charge < -0.3 is 4.57 Å². The predicted octanol–water partition coefficient (Wildman–Crippen LogP) is 1.32. The van der Waals surface area contributed by atoms with Crippen molar-refractivity contribution in [1.29, 1.82) is 0 Å². The maximum atomic E-state index is 5.63. The van der Waals surface area contributed by atoms with Crippen LogP contribution in [-0.2, 0) is 13.0 Å². The van der Waals surface area contributed by atoms with Crippen molar-refractivity contribution >= 4 is 0 Å². The van der Waals surface area contributed by atoms with Crippen LogP contribution in [0.5, 0.6) is 0 Å². The third-order valence-electron chi connectivity index (χ3n) is 3.57. The Balaban J connectivity index is 1.98.